The van der Waals surface area contributed by atoms with Gasteiger partial charge in [0.2, 0.25) is 9.60 Å². The molecule has 4 heterocycles. The highest BCUT2D eigenvalue weighted by atomic mass is 35.5. The van der Waals surface area contributed by atoms with E-state index < -0.39 is 0 Å². The second-order valence-corrected chi connectivity index (χ2v) is 8.10. The summed E-state index contributed by atoms with van der Waals surface area (Å²) in [7, 11) is 0. The number of halogens is 2. The third kappa shape index (κ3) is 9.33. The average Bonchev–Trinajstić information content (AvgIpc) is 3.25. The molecule has 2 saturated heterocycles. The summed E-state index contributed by atoms with van der Waals surface area (Å²) in [4.78, 5) is 31.6. The molecule has 2 aromatic heterocycles. The molecule has 0 aliphatic carbocycles. The minimum Gasteiger partial charge on any atom is -0.346 e. The molecule has 0 aromatic carbocycles. The lowest BCUT2D eigenvalue weighted by Gasteiger charge is -2.24. The van der Waals surface area contributed by atoms with E-state index in [-0.39, 0.29) is 13.8 Å². The van der Waals surface area contributed by atoms with E-state index in [1.807, 2.05) is 13.8 Å². The van der Waals surface area contributed by atoms with Gasteiger partial charge in [0.15, 0.2) is 0 Å². The largest absolute Gasteiger partial charge is 0.346 e. The Morgan fingerprint density at radius 2 is 1.46 bits per heavy atom. The first-order chi connectivity index (χ1) is 12.9. The van der Waals surface area contributed by atoms with Gasteiger partial charge in [0.1, 0.15) is 23.2 Å². The predicted molar refractivity (Wildman–Crippen MR) is 117 cm³/mol. The van der Waals surface area contributed by atoms with Gasteiger partial charge in [-0.25, -0.2) is 9.97 Å². The SMILES string of the molecule is Cc1nsc(Cl)n1.Cc1nsc(N2CCC(=O)CC2)n1.Cl.O=C1CCNCC1.[HH]. The van der Waals surface area contributed by atoms with Gasteiger partial charge in [0, 0.05) is 64.8 Å². The molecular weight excluding hydrogens is 443 g/mol. The van der Waals surface area contributed by atoms with Gasteiger partial charge in [-0.1, -0.05) is 0 Å². The summed E-state index contributed by atoms with van der Waals surface area (Å²) in [6.07, 6.45) is 2.78. The summed E-state index contributed by atoms with van der Waals surface area (Å²) in [5.74, 6) is 2.32. The van der Waals surface area contributed by atoms with E-state index in [9.17, 15) is 9.59 Å². The maximum Gasteiger partial charge on any atom is 0.205 e. The van der Waals surface area contributed by atoms with Gasteiger partial charge in [-0.15, -0.1) is 12.4 Å². The molecule has 158 valence electrons. The Bertz CT molecular complexity index is 727. The molecule has 2 aliphatic rings. The summed E-state index contributed by atoms with van der Waals surface area (Å²) in [5.41, 5.74) is 0. The lowest BCUT2D eigenvalue weighted by atomic mass is 10.1. The molecule has 1 N–H and O–H groups in total. The highest BCUT2D eigenvalue weighted by molar-refractivity contribution is 7.10. The molecule has 0 spiro atoms. The van der Waals surface area contributed by atoms with Crippen molar-refractivity contribution in [3.05, 3.63) is 16.1 Å². The van der Waals surface area contributed by atoms with Crippen LogP contribution in [0.2, 0.25) is 4.47 Å². The van der Waals surface area contributed by atoms with Crippen molar-refractivity contribution in [1.29, 1.82) is 0 Å². The molecule has 0 radical (unpaired) electrons. The molecule has 12 heteroatoms. The zero-order chi connectivity index (χ0) is 19.6. The van der Waals surface area contributed by atoms with Crippen molar-refractivity contribution in [3.8, 4) is 0 Å². The van der Waals surface area contributed by atoms with Crippen LogP contribution >= 0.6 is 47.1 Å². The zero-order valence-corrected chi connectivity index (χ0v) is 19.0. The molecule has 0 amide bonds. The first-order valence-electron chi connectivity index (χ1n) is 8.69. The van der Waals surface area contributed by atoms with Crippen LogP contribution in [0.25, 0.3) is 0 Å². The van der Waals surface area contributed by atoms with E-state index in [4.69, 9.17) is 11.6 Å². The highest BCUT2D eigenvalue weighted by Gasteiger charge is 2.18. The van der Waals surface area contributed by atoms with E-state index in [1.165, 1.54) is 23.1 Å². The zero-order valence-electron chi connectivity index (χ0n) is 15.8. The summed E-state index contributed by atoms with van der Waals surface area (Å²) in [5, 5.41) is 4.04. The smallest absolute Gasteiger partial charge is 0.205 e. The summed E-state index contributed by atoms with van der Waals surface area (Å²) in [6.45, 7) is 7.07. The maximum absolute atomic E-state index is 11.0. The quantitative estimate of drug-likeness (QED) is 0.680. The standard InChI is InChI=1S/C8H11N3OS.C5H9NO.C3H3ClN2S.ClH.H2/c1-6-9-8(13-10-6)11-4-2-7(12)3-5-11;7-5-1-3-6-4-2-5;1-2-5-3(4)7-6-2;;/h2-5H2,1H3;6H,1-4H2;1H3;2*1H. The van der Waals surface area contributed by atoms with Crippen molar-refractivity contribution in [2.24, 2.45) is 0 Å². The van der Waals surface area contributed by atoms with E-state index in [0.717, 1.165) is 55.8 Å². The Hall–Kier alpha value is -1.20. The minimum atomic E-state index is 0. The number of anilines is 1. The van der Waals surface area contributed by atoms with Crippen LogP contribution in [0.3, 0.4) is 0 Å². The third-order valence-corrected chi connectivity index (χ3v) is 5.53. The molecule has 28 heavy (non-hydrogen) atoms. The van der Waals surface area contributed by atoms with Crippen LogP contribution in [-0.2, 0) is 9.59 Å². The molecule has 2 fully saturated rings. The van der Waals surface area contributed by atoms with Crippen LogP contribution in [0, 0.1) is 13.8 Å². The predicted octanol–water partition coefficient (Wildman–Crippen LogP) is 3.12. The second-order valence-electron chi connectivity index (χ2n) is 6.03. The first kappa shape index (κ1) is 24.8. The monoisotopic (exact) mass is 468 g/mol. The van der Waals surface area contributed by atoms with Crippen LogP contribution in [0.4, 0.5) is 5.13 Å². The lowest BCUT2D eigenvalue weighted by Crippen LogP contribution is -2.33. The average molecular weight is 469 g/mol. The summed E-state index contributed by atoms with van der Waals surface area (Å²) in [6, 6.07) is 0. The van der Waals surface area contributed by atoms with E-state index >= 15 is 0 Å². The normalized spacial score (nSPS) is 16.3. The number of Topliss-reactive ketones (excluding diaryl/α,β-unsaturated/α-hetero) is 2. The molecule has 0 saturated carbocycles. The second kappa shape index (κ2) is 13.1. The Kier molecular flexibility index (Phi) is 11.6. The Labute approximate surface area is 185 Å². The van der Waals surface area contributed by atoms with E-state index in [0.29, 0.717) is 28.9 Å². The van der Waals surface area contributed by atoms with E-state index in [2.05, 4.69) is 28.9 Å². The molecule has 8 nitrogen and oxygen atoms in total. The highest BCUT2D eigenvalue weighted by Crippen LogP contribution is 2.20. The molecule has 0 unspecified atom stereocenters. The van der Waals surface area contributed by atoms with Crippen LogP contribution in [-0.4, -0.2) is 56.5 Å². The van der Waals surface area contributed by atoms with Crippen molar-refractivity contribution in [2.75, 3.05) is 31.1 Å². The van der Waals surface area contributed by atoms with Gasteiger partial charge in [-0.2, -0.15) is 8.75 Å². The Morgan fingerprint density at radius 3 is 1.82 bits per heavy atom. The fourth-order valence-electron chi connectivity index (χ4n) is 2.34. The first-order valence-corrected chi connectivity index (χ1v) is 10.6. The minimum absolute atomic E-state index is 0. The number of carbonyl (C=O) groups is 2. The maximum atomic E-state index is 11.0. The van der Waals surface area contributed by atoms with Gasteiger partial charge in [0.05, 0.1) is 0 Å². The van der Waals surface area contributed by atoms with Crippen molar-refractivity contribution >= 4 is 63.8 Å². The number of carbonyl (C=O) groups excluding carboxylic acids is 2. The Morgan fingerprint density at radius 1 is 0.929 bits per heavy atom. The molecular formula is C16H26Cl2N6O2S2. The number of rotatable bonds is 1. The number of aryl methyl sites for hydroxylation is 2. The third-order valence-electron chi connectivity index (χ3n) is 3.77. The number of nitrogens with one attached hydrogen (secondary N) is 1. The van der Waals surface area contributed by atoms with Crippen molar-refractivity contribution in [1.82, 2.24) is 24.0 Å². The van der Waals surface area contributed by atoms with Gasteiger partial charge < -0.3 is 10.2 Å². The molecule has 0 bridgehead atoms. The van der Waals surface area contributed by atoms with Gasteiger partial charge in [-0.3, -0.25) is 9.59 Å². The van der Waals surface area contributed by atoms with Crippen LogP contribution in [0.1, 0.15) is 38.8 Å². The van der Waals surface area contributed by atoms with Gasteiger partial charge >= 0.3 is 0 Å². The van der Waals surface area contributed by atoms with Crippen molar-refractivity contribution in [2.45, 2.75) is 39.5 Å². The molecule has 0 atom stereocenters. The Balaban J connectivity index is 0.000000423. The van der Waals surface area contributed by atoms with Crippen LogP contribution in [0.15, 0.2) is 0 Å². The molecule has 2 aliphatic heterocycles. The topological polar surface area (TPSA) is 101 Å². The van der Waals surface area contributed by atoms with Crippen molar-refractivity contribution < 1.29 is 11.0 Å². The molecule has 2 aromatic rings. The molecule has 4 rings (SSSR count). The lowest BCUT2D eigenvalue weighted by molar-refractivity contribution is -0.120. The van der Waals surface area contributed by atoms with Crippen LogP contribution in [0.5, 0.6) is 0 Å². The number of hydrogen-bond acceptors (Lipinski definition) is 10. The van der Waals surface area contributed by atoms with Crippen LogP contribution < -0.4 is 10.2 Å². The van der Waals surface area contributed by atoms with Gasteiger partial charge in [0.25, 0.3) is 0 Å². The summed E-state index contributed by atoms with van der Waals surface area (Å²) >= 11 is 8.02. The van der Waals surface area contributed by atoms with Crippen molar-refractivity contribution in [3.63, 3.8) is 0 Å². The fourth-order valence-corrected chi connectivity index (χ4v) is 3.71. The number of nitrogens with zero attached hydrogens (tertiary/aromatic N) is 5. The van der Waals surface area contributed by atoms with E-state index in [1.54, 1.807) is 0 Å². The number of ketones is 2. The number of aromatic nitrogens is 4. The fraction of sp³-hybridized carbons (Fsp3) is 0.625. The number of hydrogen-bond donors (Lipinski definition) is 1. The van der Waals surface area contributed by atoms with Gasteiger partial charge in [-0.05, 0) is 37.0 Å². The summed E-state index contributed by atoms with van der Waals surface area (Å²) < 4.78 is 8.44. The number of piperidine rings is 2.